The van der Waals surface area contributed by atoms with Crippen molar-refractivity contribution >= 4 is 5.71 Å². The predicted molar refractivity (Wildman–Crippen MR) is 120 cm³/mol. The summed E-state index contributed by atoms with van der Waals surface area (Å²) in [5, 5.41) is 12.0. The van der Waals surface area contributed by atoms with Crippen molar-refractivity contribution in [3.05, 3.63) is 69.1 Å². The number of ether oxygens (including phenoxy) is 1. The summed E-state index contributed by atoms with van der Waals surface area (Å²) in [6.45, 7) is 8.96. The van der Waals surface area contributed by atoms with Crippen molar-refractivity contribution in [3.63, 3.8) is 0 Å². The lowest BCUT2D eigenvalue weighted by Gasteiger charge is -2.15. The molecule has 0 amide bonds. The lowest BCUT2D eigenvalue weighted by atomic mass is 10.1. The number of aryl methyl sites for hydroxylation is 3. The Morgan fingerprint density at radius 1 is 1.13 bits per heavy atom. The van der Waals surface area contributed by atoms with Crippen LogP contribution in [0.4, 0.5) is 0 Å². The van der Waals surface area contributed by atoms with E-state index >= 15 is 0 Å². The summed E-state index contributed by atoms with van der Waals surface area (Å²) in [4.78, 5) is 17.7. The van der Waals surface area contributed by atoms with Gasteiger partial charge in [0.25, 0.3) is 0 Å². The molecule has 8 heteroatoms. The number of tetrazole rings is 1. The SMILES string of the molecule is CCCCON=C(C)c1ccc(OCc2c(C)cccc2-n2nnn(C)c2=O)c(C)c1. The Bertz CT molecular complexity index is 1130. The third-order valence-electron chi connectivity index (χ3n) is 5.09. The van der Waals surface area contributed by atoms with Gasteiger partial charge < -0.3 is 9.57 Å². The molecule has 0 aliphatic rings. The fourth-order valence-corrected chi connectivity index (χ4v) is 3.13. The normalized spacial score (nSPS) is 11.6. The zero-order valence-electron chi connectivity index (χ0n) is 18.8. The van der Waals surface area contributed by atoms with Gasteiger partial charge in [0.15, 0.2) is 0 Å². The van der Waals surface area contributed by atoms with Crippen molar-refractivity contribution < 1.29 is 9.57 Å². The minimum atomic E-state index is -0.302. The van der Waals surface area contributed by atoms with E-state index in [0.29, 0.717) is 18.9 Å². The Kier molecular flexibility index (Phi) is 7.23. The molecule has 0 fully saturated rings. The van der Waals surface area contributed by atoms with Gasteiger partial charge in [-0.2, -0.15) is 9.36 Å². The maximum absolute atomic E-state index is 12.3. The van der Waals surface area contributed by atoms with Gasteiger partial charge >= 0.3 is 5.69 Å². The lowest BCUT2D eigenvalue weighted by Crippen LogP contribution is -2.23. The molecule has 8 nitrogen and oxygen atoms in total. The van der Waals surface area contributed by atoms with Gasteiger partial charge in [0.05, 0.1) is 11.4 Å². The largest absolute Gasteiger partial charge is 0.489 e. The van der Waals surface area contributed by atoms with Gasteiger partial charge in [-0.15, -0.1) is 0 Å². The highest BCUT2D eigenvalue weighted by Gasteiger charge is 2.14. The third kappa shape index (κ3) is 5.20. The number of hydrogen-bond acceptors (Lipinski definition) is 6. The second-order valence-electron chi connectivity index (χ2n) is 7.50. The Morgan fingerprint density at radius 2 is 1.94 bits per heavy atom. The van der Waals surface area contributed by atoms with Gasteiger partial charge in [-0.3, -0.25) is 0 Å². The molecule has 0 spiro atoms. The molecular formula is C23H29N5O3. The molecule has 1 aromatic heterocycles. The Hall–Kier alpha value is -3.42. The highest BCUT2D eigenvalue weighted by Crippen LogP contribution is 2.24. The Morgan fingerprint density at radius 3 is 2.61 bits per heavy atom. The van der Waals surface area contributed by atoms with Crippen LogP contribution in [0.5, 0.6) is 5.75 Å². The predicted octanol–water partition coefficient (Wildman–Crippen LogP) is 3.70. The van der Waals surface area contributed by atoms with Crippen LogP contribution >= 0.6 is 0 Å². The first-order chi connectivity index (χ1) is 14.9. The van der Waals surface area contributed by atoms with Crippen LogP contribution in [0, 0.1) is 13.8 Å². The smallest absolute Gasteiger partial charge is 0.368 e. The van der Waals surface area contributed by atoms with Crippen molar-refractivity contribution in [3.8, 4) is 11.4 Å². The van der Waals surface area contributed by atoms with Crippen LogP contribution in [0.3, 0.4) is 0 Å². The van der Waals surface area contributed by atoms with E-state index in [1.807, 2.05) is 57.2 Å². The van der Waals surface area contributed by atoms with Gasteiger partial charge in [-0.25, -0.2) is 4.79 Å². The molecule has 1 heterocycles. The summed E-state index contributed by atoms with van der Waals surface area (Å²) in [6, 6.07) is 11.6. The van der Waals surface area contributed by atoms with E-state index in [9.17, 15) is 4.79 Å². The quantitative estimate of drug-likeness (QED) is 0.298. The van der Waals surface area contributed by atoms with Crippen molar-refractivity contribution in [2.24, 2.45) is 12.2 Å². The fourth-order valence-electron chi connectivity index (χ4n) is 3.13. The summed E-state index contributed by atoms with van der Waals surface area (Å²) in [5.41, 5.74) is 5.07. The second kappa shape index (κ2) is 10.1. The zero-order valence-corrected chi connectivity index (χ0v) is 18.8. The van der Waals surface area contributed by atoms with Crippen LogP contribution in [-0.2, 0) is 18.5 Å². The number of benzene rings is 2. The molecule has 0 saturated heterocycles. The third-order valence-corrected chi connectivity index (χ3v) is 5.09. The second-order valence-corrected chi connectivity index (χ2v) is 7.50. The first kappa shape index (κ1) is 22.3. The average Bonchev–Trinajstić information content (AvgIpc) is 3.09. The number of aromatic nitrogens is 4. The van der Waals surface area contributed by atoms with Crippen LogP contribution < -0.4 is 10.4 Å². The summed E-state index contributed by atoms with van der Waals surface area (Å²) >= 11 is 0. The standard InChI is InChI=1S/C23H29N5O3/c1-6-7-13-31-24-18(4)19-11-12-22(17(3)14-19)30-15-20-16(2)9-8-10-21(20)28-23(29)27(5)25-26-28/h8-12,14H,6-7,13,15H2,1-5H3. The summed E-state index contributed by atoms with van der Waals surface area (Å²) in [7, 11) is 1.57. The number of nitrogens with zero attached hydrogens (tertiary/aromatic N) is 5. The van der Waals surface area contributed by atoms with Crippen LogP contribution in [0.25, 0.3) is 5.69 Å². The van der Waals surface area contributed by atoms with Crippen molar-refractivity contribution in [1.82, 2.24) is 19.8 Å². The van der Waals surface area contributed by atoms with Gasteiger partial charge in [-0.05, 0) is 78.6 Å². The van der Waals surface area contributed by atoms with E-state index in [1.54, 1.807) is 7.05 Å². The fraction of sp³-hybridized carbons (Fsp3) is 0.391. The van der Waals surface area contributed by atoms with Gasteiger partial charge in [0, 0.05) is 12.6 Å². The highest BCUT2D eigenvalue weighted by molar-refractivity contribution is 5.98. The molecule has 0 aliphatic heterocycles. The van der Waals surface area contributed by atoms with E-state index in [0.717, 1.165) is 46.6 Å². The van der Waals surface area contributed by atoms with Crippen LogP contribution in [-0.4, -0.2) is 32.1 Å². The van der Waals surface area contributed by atoms with Crippen molar-refractivity contribution in [1.29, 1.82) is 0 Å². The van der Waals surface area contributed by atoms with Gasteiger partial charge in [0.1, 0.15) is 19.0 Å². The topological polar surface area (TPSA) is 83.5 Å². The van der Waals surface area contributed by atoms with E-state index < -0.39 is 0 Å². The molecule has 2 aromatic carbocycles. The van der Waals surface area contributed by atoms with E-state index in [-0.39, 0.29) is 5.69 Å². The molecule has 0 aliphatic carbocycles. The van der Waals surface area contributed by atoms with Gasteiger partial charge in [-0.1, -0.05) is 30.6 Å². The molecule has 0 unspecified atom stereocenters. The maximum atomic E-state index is 12.3. The molecule has 0 atom stereocenters. The van der Waals surface area contributed by atoms with Crippen molar-refractivity contribution in [2.45, 2.75) is 47.1 Å². The first-order valence-electron chi connectivity index (χ1n) is 10.4. The van der Waals surface area contributed by atoms with Crippen LogP contribution in [0.2, 0.25) is 0 Å². The zero-order chi connectivity index (χ0) is 22.4. The number of hydrogen-bond donors (Lipinski definition) is 0. The summed E-state index contributed by atoms with van der Waals surface area (Å²) < 4.78 is 8.61. The minimum absolute atomic E-state index is 0.302. The van der Waals surface area contributed by atoms with Gasteiger partial charge in [0.2, 0.25) is 0 Å². The molecule has 164 valence electrons. The molecule has 3 aromatic rings. The molecular weight excluding hydrogens is 394 g/mol. The molecule has 3 rings (SSSR count). The van der Waals surface area contributed by atoms with Crippen LogP contribution in [0.1, 0.15) is 48.9 Å². The van der Waals surface area contributed by atoms with E-state index in [2.05, 4.69) is 22.5 Å². The average molecular weight is 424 g/mol. The summed E-state index contributed by atoms with van der Waals surface area (Å²) in [5.74, 6) is 0.768. The lowest BCUT2D eigenvalue weighted by molar-refractivity contribution is 0.141. The number of oxime groups is 1. The summed E-state index contributed by atoms with van der Waals surface area (Å²) in [6.07, 6.45) is 2.07. The molecule has 0 bridgehead atoms. The highest BCUT2D eigenvalue weighted by atomic mass is 16.6. The molecule has 31 heavy (non-hydrogen) atoms. The molecule has 0 radical (unpaired) electrons. The minimum Gasteiger partial charge on any atom is -0.489 e. The monoisotopic (exact) mass is 423 g/mol. The number of rotatable bonds is 9. The van der Waals surface area contributed by atoms with Crippen molar-refractivity contribution in [2.75, 3.05) is 6.61 Å². The van der Waals surface area contributed by atoms with E-state index in [1.165, 1.54) is 9.36 Å². The number of unbranched alkanes of at least 4 members (excludes halogenated alkanes) is 1. The molecule has 0 saturated carbocycles. The van der Waals surface area contributed by atoms with Crippen LogP contribution in [0.15, 0.2) is 46.3 Å². The maximum Gasteiger partial charge on any atom is 0.368 e. The Labute approximate surface area is 182 Å². The molecule has 0 N–H and O–H groups in total. The first-order valence-corrected chi connectivity index (χ1v) is 10.4. The van der Waals surface area contributed by atoms with E-state index in [4.69, 9.17) is 9.57 Å². The Balaban J connectivity index is 1.78.